The summed E-state index contributed by atoms with van der Waals surface area (Å²) in [7, 11) is 0. The first-order chi connectivity index (χ1) is 15.0. The van der Waals surface area contributed by atoms with E-state index in [1.54, 1.807) is 18.2 Å². The summed E-state index contributed by atoms with van der Waals surface area (Å²) in [5.41, 5.74) is 5.38. The number of aryl methyl sites for hydroxylation is 2. The Morgan fingerprint density at radius 1 is 0.968 bits per heavy atom. The number of hydrogen-bond acceptors (Lipinski definition) is 5. The maximum Gasteiger partial charge on any atom is 0.264 e. The molecule has 4 rings (SSSR count). The maximum absolute atomic E-state index is 12.9. The summed E-state index contributed by atoms with van der Waals surface area (Å²) in [5, 5.41) is 6.98. The van der Waals surface area contributed by atoms with Crippen LogP contribution < -0.4 is 10.1 Å². The second kappa shape index (κ2) is 8.83. The van der Waals surface area contributed by atoms with Crippen LogP contribution in [0.4, 0.5) is 5.69 Å². The fraction of sp³-hybridized carbons (Fsp3) is 0.160. The second-order valence-electron chi connectivity index (χ2n) is 7.36. The lowest BCUT2D eigenvalue weighted by Gasteiger charge is -2.13. The number of carbonyl (C=O) groups is 1. The van der Waals surface area contributed by atoms with Gasteiger partial charge in [0.1, 0.15) is 5.75 Å². The van der Waals surface area contributed by atoms with Crippen LogP contribution in [-0.4, -0.2) is 16.0 Å². The van der Waals surface area contributed by atoms with E-state index in [-0.39, 0.29) is 12.5 Å². The molecule has 0 saturated heterocycles. The van der Waals surface area contributed by atoms with E-state index in [0.29, 0.717) is 23.0 Å². The molecular formula is C25H23N3O3. The Labute approximate surface area is 180 Å². The first-order valence-electron chi connectivity index (χ1n) is 10.0. The molecule has 1 N–H and O–H groups in total. The Morgan fingerprint density at radius 3 is 2.55 bits per heavy atom. The molecule has 0 radical (unpaired) electrons. The van der Waals surface area contributed by atoms with Gasteiger partial charge in [0.25, 0.3) is 11.8 Å². The van der Waals surface area contributed by atoms with Crippen molar-refractivity contribution in [3.63, 3.8) is 0 Å². The van der Waals surface area contributed by atoms with E-state index in [1.165, 1.54) is 0 Å². The molecule has 1 amide bonds. The van der Waals surface area contributed by atoms with Crippen LogP contribution in [-0.2, 0) is 6.61 Å². The van der Waals surface area contributed by atoms with Crippen LogP contribution in [0.25, 0.3) is 11.4 Å². The second-order valence-corrected chi connectivity index (χ2v) is 7.36. The van der Waals surface area contributed by atoms with Crippen molar-refractivity contribution in [1.29, 1.82) is 0 Å². The summed E-state index contributed by atoms with van der Waals surface area (Å²) >= 11 is 0. The van der Waals surface area contributed by atoms with Crippen LogP contribution in [0.1, 0.15) is 32.9 Å². The number of para-hydroxylation sites is 1. The third kappa shape index (κ3) is 4.64. The number of hydrogen-bond donors (Lipinski definition) is 1. The minimum absolute atomic E-state index is 0.0621. The third-order valence-corrected chi connectivity index (χ3v) is 5.11. The van der Waals surface area contributed by atoms with Crippen molar-refractivity contribution >= 4 is 11.6 Å². The minimum atomic E-state index is -0.241. The highest BCUT2D eigenvalue weighted by Gasteiger charge is 2.15. The molecule has 3 aromatic carbocycles. The number of benzene rings is 3. The number of nitrogens with one attached hydrogen (secondary N) is 1. The van der Waals surface area contributed by atoms with Gasteiger partial charge in [-0.2, -0.15) is 4.98 Å². The summed E-state index contributed by atoms with van der Waals surface area (Å²) in [6.45, 7) is 6.08. The summed E-state index contributed by atoms with van der Waals surface area (Å²) in [5.74, 6) is 1.04. The van der Waals surface area contributed by atoms with Crippen molar-refractivity contribution in [2.75, 3.05) is 5.32 Å². The Balaban J connectivity index is 1.47. The van der Waals surface area contributed by atoms with Crippen molar-refractivity contribution in [2.24, 2.45) is 0 Å². The van der Waals surface area contributed by atoms with Gasteiger partial charge < -0.3 is 14.6 Å². The van der Waals surface area contributed by atoms with Crippen molar-refractivity contribution in [2.45, 2.75) is 27.4 Å². The zero-order valence-electron chi connectivity index (χ0n) is 17.7. The number of nitrogens with zero attached hydrogens (tertiary/aromatic N) is 2. The summed E-state index contributed by atoms with van der Waals surface area (Å²) in [6, 6.07) is 20.8. The lowest BCUT2D eigenvalue weighted by molar-refractivity contribution is 0.102. The van der Waals surface area contributed by atoms with Crippen molar-refractivity contribution < 1.29 is 14.1 Å². The lowest BCUT2D eigenvalue weighted by atomic mass is 10.1. The number of amides is 1. The van der Waals surface area contributed by atoms with E-state index in [4.69, 9.17) is 9.26 Å². The standard InChI is InChI=1S/C25H23N3O3/c1-16-11-13-19(14-12-16)24-27-23(31-28-24)15-30-22-10-5-4-8-20(22)25(29)26-21-9-6-7-17(2)18(21)3/h4-14H,15H2,1-3H3,(H,26,29). The molecule has 1 aromatic heterocycles. The van der Waals surface area contributed by atoms with Crippen LogP contribution in [0.2, 0.25) is 0 Å². The van der Waals surface area contributed by atoms with Crippen LogP contribution >= 0.6 is 0 Å². The largest absolute Gasteiger partial charge is 0.483 e. The Hall–Kier alpha value is -3.93. The molecule has 1 heterocycles. The minimum Gasteiger partial charge on any atom is -0.483 e. The van der Waals surface area contributed by atoms with Gasteiger partial charge in [0.15, 0.2) is 6.61 Å². The summed E-state index contributed by atoms with van der Waals surface area (Å²) in [4.78, 5) is 17.3. The first kappa shape index (κ1) is 20.3. The molecular weight excluding hydrogens is 390 g/mol. The molecule has 4 aromatic rings. The maximum atomic E-state index is 12.9. The van der Waals surface area contributed by atoms with Gasteiger partial charge in [-0.3, -0.25) is 4.79 Å². The molecule has 0 aliphatic rings. The molecule has 0 saturated carbocycles. The first-order valence-corrected chi connectivity index (χ1v) is 10.0. The topological polar surface area (TPSA) is 77.2 Å². The molecule has 0 spiro atoms. The predicted octanol–water partition coefficient (Wildman–Crippen LogP) is 5.49. The molecule has 0 atom stereocenters. The van der Waals surface area contributed by atoms with Gasteiger partial charge in [0, 0.05) is 11.3 Å². The number of ether oxygens (including phenoxy) is 1. The van der Waals surface area contributed by atoms with Gasteiger partial charge in [-0.15, -0.1) is 0 Å². The summed E-state index contributed by atoms with van der Waals surface area (Å²) < 4.78 is 11.2. The van der Waals surface area contributed by atoms with Crippen LogP contribution in [0.3, 0.4) is 0 Å². The monoisotopic (exact) mass is 413 g/mol. The van der Waals surface area contributed by atoms with Gasteiger partial charge in [-0.25, -0.2) is 0 Å². The van der Waals surface area contributed by atoms with E-state index >= 15 is 0 Å². The predicted molar refractivity (Wildman–Crippen MR) is 119 cm³/mol. The zero-order valence-corrected chi connectivity index (χ0v) is 17.7. The molecule has 0 aliphatic heterocycles. The Kier molecular flexibility index (Phi) is 5.80. The Bertz CT molecular complexity index is 1210. The molecule has 0 aliphatic carbocycles. The molecule has 6 heteroatoms. The molecule has 156 valence electrons. The van der Waals surface area contributed by atoms with Crippen molar-refractivity contribution in [3.05, 3.63) is 94.9 Å². The molecule has 0 unspecified atom stereocenters. The average Bonchev–Trinajstić information content (AvgIpc) is 3.25. The van der Waals surface area contributed by atoms with Gasteiger partial charge in [0.05, 0.1) is 5.56 Å². The number of anilines is 1. The normalized spacial score (nSPS) is 10.7. The molecule has 0 fully saturated rings. The van der Waals surface area contributed by atoms with E-state index in [2.05, 4.69) is 15.5 Å². The number of rotatable bonds is 6. The van der Waals surface area contributed by atoms with Crippen molar-refractivity contribution in [1.82, 2.24) is 10.1 Å². The van der Waals surface area contributed by atoms with E-state index in [9.17, 15) is 4.79 Å². The zero-order chi connectivity index (χ0) is 21.8. The van der Waals surface area contributed by atoms with E-state index in [0.717, 1.165) is 27.9 Å². The van der Waals surface area contributed by atoms with Gasteiger partial charge in [-0.1, -0.05) is 59.3 Å². The molecule has 6 nitrogen and oxygen atoms in total. The fourth-order valence-corrected chi connectivity index (χ4v) is 3.13. The highest BCUT2D eigenvalue weighted by atomic mass is 16.5. The SMILES string of the molecule is Cc1ccc(-c2noc(COc3ccccc3C(=O)Nc3cccc(C)c3C)n2)cc1. The lowest BCUT2D eigenvalue weighted by Crippen LogP contribution is -2.14. The highest BCUT2D eigenvalue weighted by Crippen LogP contribution is 2.24. The number of aromatic nitrogens is 2. The van der Waals surface area contributed by atoms with Crippen LogP contribution in [0, 0.1) is 20.8 Å². The molecule has 0 bridgehead atoms. The average molecular weight is 413 g/mol. The van der Waals surface area contributed by atoms with Gasteiger partial charge >= 0.3 is 0 Å². The summed E-state index contributed by atoms with van der Waals surface area (Å²) in [6.07, 6.45) is 0. The van der Waals surface area contributed by atoms with Gasteiger partial charge in [0.2, 0.25) is 5.82 Å². The van der Waals surface area contributed by atoms with E-state index in [1.807, 2.05) is 69.3 Å². The van der Waals surface area contributed by atoms with Crippen molar-refractivity contribution in [3.8, 4) is 17.1 Å². The van der Waals surface area contributed by atoms with Crippen LogP contribution in [0.5, 0.6) is 5.75 Å². The van der Waals surface area contributed by atoms with E-state index < -0.39 is 0 Å². The smallest absolute Gasteiger partial charge is 0.264 e. The molecule has 31 heavy (non-hydrogen) atoms. The quantitative estimate of drug-likeness (QED) is 0.452. The van der Waals surface area contributed by atoms with Gasteiger partial charge in [-0.05, 0) is 50.1 Å². The number of carbonyl (C=O) groups excluding carboxylic acids is 1. The highest BCUT2D eigenvalue weighted by molar-refractivity contribution is 6.06. The fourth-order valence-electron chi connectivity index (χ4n) is 3.13. The third-order valence-electron chi connectivity index (χ3n) is 5.11. The Morgan fingerprint density at radius 2 is 1.74 bits per heavy atom. The van der Waals surface area contributed by atoms with Crippen LogP contribution in [0.15, 0.2) is 71.3 Å².